The highest BCUT2D eigenvalue weighted by Crippen LogP contribution is 2.21. The van der Waals surface area contributed by atoms with Crippen LogP contribution in [0.5, 0.6) is 0 Å². The lowest BCUT2D eigenvalue weighted by molar-refractivity contribution is -0.385. The summed E-state index contributed by atoms with van der Waals surface area (Å²) in [6.45, 7) is 8.39. The highest BCUT2D eigenvalue weighted by atomic mass is 16.6. The summed E-state index contributed by atoms with van der Waals surface area (Å²) in [5.41, 5.74) is 2.17. The molecule has 7 heteroatoms. The van der Waals surface area contributed by atoms with Crippen LogP contribution in [0, 0.1) is 23.0 Å². The van der Waals surface area contributed by atoms with Crippen molar-refractivity contribution in [1.29, 1.82) is 0 Å². The Morgan fingerprint density at radius 1 is 1.03 bits per heavy atom. The molecule has 0 aliphatic heterocycles. The van der Waals surface area contributed by atoms with Gasteiger partial charge in [-0.3, -0.25) is 19.7 Å². The number of carbonyl (C=O) groups excluding carboxylic acids is 2. The van der Waals surface area contributed by atoms with Crippen LogP contribution in [0.3, 0.4) is 0 Å². The van der Waals surface area contributed by atoms with Crippen LogP contribution < -0.4 is 5.32 Å². The van der Waals surface area contributed by atoms with Crippen LogP contribution in [-0.2, 0) is 22.6 Å². The average molecular weight is 412 g/mol. The summed E-state index contributed by atoms with van der Waals surface area (Å²) >= 11 is 0. The predicted octanol–water partition coefficient (Wildman–Crippen LogP) is 3.64. The molecule has 1 atom stereocenters. The van der Waals surface area contributed by atoms with E-state index in [2.05, 4.69) is 5.32 Å². The molecule has 2 rings (SSSR count). The topological polar surface area (TPSA) is 92.6 Å². The van der Waals surface area contributed by atoms with E-state index in [9.17, 15) is 19.7 Å². The molecule has 7 nitrogen and oxygen atoms in total. The van der Waals surface area contributed by atoms with E-state index in [1.54, 1.807) is 25.1 Å². The van der Waals surface area contributed by atoms with E-state index in [-0.39, 0.29) is 36.4 Å². The first kappa shape index (κ1) is 23.1. The second kappa shape index (κ2) is 10.5. The molecule has 0 radical (unpaired) electrons. The van der Waals surface area contributed by atoms with Crippen LogP contribution >= 0.6 is 0 Å². The second-order valence-corrected chi connectivity index (χ2v) is 7.83. The zero-order valence-corrected chi connectivity index (χ0v) is 17.9. The lowest BCUT2D eigenvalue weighted by Crippen LogP contribution is -2.48. The Kier molecular flexibility index (Phi) is 8.09. The number of nitrogens with zero attached hydrogens (tertiary/aromatic N) is 2. The summed E-state index contributed by atoms with van der Waals surface area (Å²) in [6, 6.07) is 13.1. The molecule has 1 unspecified atom stereocenters. The summed E-state index contributed by atoms with van der Waals surface area (Å²) in [5, 5.41) is 14.2. The lowest BCUT2D eigenvalue weighted by atomic mass is 10.0. The van der Waals surface area contributed by atoms with E-state index in [1.165, 1.54) is 11.0 Å². The van der Waals surface area contributed by atoms with Gasteiger partial charge in [-0.25, -0.2) is 0 Å². The van der Waals surface area contributed by atoms with Gasteiger partial charge in [-0.1, -0.05) is 56.3 Å². The first-order valence-electron chi connectivity index (χ1n) is 10.0. The van der Waals surface area contributed by atoms with E-state index in [1.807, 2.05) is 45.0 Å². The van der Waals surface area contributed by atoms with Crippen molar-refractivity contribution in [2.45, 2.75) is 46.7 Å². The maximum Gasteiger partial charge on any atom is 0.273 e. The third-order valence-electron chi connectivity index (χ3n) is 4.98. The molecule has 0 bridgehead atoms. The van der Waals surface area contributed by atoms with Crippen molar-refractivity contribution < 1.29 is 14.5 Å². The monoisotopic (exact) mass is 411 g/mol. The number of aryl methyl sites for hydroxylation is 1. The fourth-order valence-corrected chi connectivity index (χ4v) is 3.11. The molecule has 0 aliphatic rings. The third-order valence-corrected chi connectivity index (χ3v) is 4.98. The highest BCUT2D eigenvalue weighted by molar-refractivity contribution is 5.88. The number of nitrogens with one attached hydrogen (secondary N) is 1. The van der Waals surface area contributed by atoms with E-state index in [0.29, 0.717) is 12.1 Å². The predicted molar refractivity (Wildman–Crippen MR) is 116 cm³/mol. The maximum absolute atomic E-state index is 13.2. The molecule has 160 valence electrons. The van der Waals surface area contributed by atoms with Crippen LogP contribution in [0.2, 0.25) is 0 Å². The van der Waals surface area contributed by atoms with E-state index in [4.69, 9.17) is 0 Å². The van der Waals surface area contributed by atoms with Crippen molar-refractivity contribution in [3.63, 3.8) is 0 Å². The molecule has 0 spiro atoms. The molecule has 2 aromatic rings. The van der Waals surface area contributed by atoms with Gasteiger partial charge >= 0.3 is 0 Å². The smallest absolute Gasteiger partial charge is 0.273 e. The SMILES string of the molecule is Cc1ccccc1CN(C(=O)Cc1ccccc1[N+](=O)[O-])C(C)C(=O)NCC(C)C. The average Bonchev–Trinajstić information content (AvgIpc) is 2.71. The minimum atomic E-state index is -0.710. The van der Waals surface area contributed by atoms with Crippen molar-refractivity contribution >= 4 is 17.5 Å². The molecule has 0 heterocycles. The minimum absolute atomic E-state index is 0.0985. The molecule has 2 amide bonds. The van der Waals surface area contributed by atoms with Crippen LogP contribution in [0.4, 0.5) is 5.69 Å². The Morgan fingerprint density at radius 3 is 2.23 bits per heavy atom. The number of benzene rings is 2. The van der Waals surface area contributed by atoms with Crippen molar-refractivity contribution in [3.8, 4) is 0 Å². The summed E-state index contributed by atoms with van der Waals surface area (Å²) in [6.07, 6.45) is -0.148. The van der Waals surface area contributed by atoms with Crippen molar-refractivity contribution in [2.24, 2.45) is 5.92 Å². The first-order chi connectivity index (χ1) is 14.2. The van der Waals surface area contributed by atoms with Crippen LogP contribution in [0.15, 0.2) is 48.5 Å². The molecular weight excluding hydrogens is 382 g/mol. The van der Waals surface area contributed by atoms with E-state index >= 15 is 0 Å². The molecule has 1 N–H and O–H groups in total. The number of carbonyl (C=O) groups is 2. The van der Waals surface area contributed by atoms with Crippen LogP contribution in [-0.4, -0.2) is 34.2 Å². The molecule has 0 aliphatic carbocycles. The maximum atomic E-state index is 13.2. The van der Waals surface area contributed by atoms with Crippen LogP contribution in [0.1, 0.15) is 37.5 Å². The Morgan fingerprint density at radius 2 is 1.63 bits per heavy atom. The van der Waals surface area contributed by atoms with Gasteiger partial charge in [0.05, 0.1) is 11.3 Å². The number of nitro benzene ring substituents is 1. The minimum Gasteiger partial charge on any atom is -0.354 e. The van der Waals surface area contributed by atoms with Crippen molar-refractivity contribution in [3.05, 3.63) is 75.3 Å². The van der Waals surface area contributed by atoms with Gasteiger partial charge in [-0.2, -0.15) is 0 Å². The van der Waals surface area contributed by atoms with Crippen molar-refractivity contribution in [2.75, 3.05) is 6.54 Å². The Balaban J connectivity index is 2.30. The Bertz CT molecular complexity index is 911. The number of hydrogen-bond acceptors (Lipinski definition) is 4. The summed E-state index contributed by atoms with van der Waals surface area (Å²) < 4.78 is 0. The normalized spacial score (nSPS) is 11.8. The zero-order chi connectivity index (χ0) is 22.3. The van der Waals surface area contributed by atoms with Crippen molar-refractivity contribution in [1.82, 2.24) is 10.2 Å². The summed E-state index contributed by atoms with van der Waals surface area (Å²) in [5.74, 6) is -0.290. The van der Waals surface area contributed by atoms with E-state index in [0.717, 1.165) is 11.1 Å². The van der Waals surface area contributed by atoms with Gasteiger partial charge in [-0.15, -0.1) is 0 Å². The second-order valence-electron chi connectivity index (χ2n) is 7.83. The number of rotatable bonds is 9. The Hall–Kier alpha value is -3.22. The van der Waals surface area contributed by atoms with Gasteiger partial charge < -0.3 is 10.2 Å². The molecule has 0 fully saturated rings. The summed E-state index contributed by atoms with van der Waals surface area (Å²) in [7, 11) is 0. The van der Waals surface area contributed by atoms with Gasteiger partial charge in [-0.05, 0) is 30.9 Å². The number of amides is 2. The summed E-state index contributed by atoms with van der Waals surface area (Å²) in [4.78, 5) is 38.2. The number of hydrogen-bond donors (Lipinski definition) is 1. The van der Waals surface area contributed by atoms with Gasteiger partial charge in [0.15, 0.2) is 0 Å². The van der Waals surface area contributed by atoms with E-state index < -0.39 is 11.0 Å². The quantitative estimate of drug-likeness (QED) is 0.504. The third kappa shape index (κ3) is 6.14. The highest BCUT2D eigenvalue weighted by Gasteiger charge is 2.28. The number of nitro groups is 1. The molecule has 0 saturated heterocycles. The zero-order valence-electron chi connectivity index (χ0n) is 17.9. The lowest BCUT2D eigenvalue weighted by Gasteiger charge is -2.29. The van der Waals surface area contributed by atoms with Gasteiger partial charge in [0.2, 0.25) is 11.8 Å². The first-order valence-corrected chi connectivity index (χ1v) is 10.0. The molecular formula is C23H29N3O4. The molecule has 0 aromatic heterocycles. The fraction of sp³-hybridized carbons (Fsp3) is 0.391. The van der Waals surface area contributed by atoms with Crippen LogP contribution in [0.25, 0.3) is 0 Å². The Labute approximate surface area is 177 Å². The molecule has 0 saturated carbocycles. The number of para-hydroxylation sites is 1. The van der Waals surface area contributed by atoms with Gasteiger partial charge in [0.1, 0.15) is 6.04 Å². The van der Waals surface area contributed by atoms with Gasteiger partial charge in [0, 0.05) is 24.7 Å². The van der Waals surface area contributed by atoms with Gasteiger partial charge in [0.25, 0.3) is 5.69 Å². The molecule has 30 heavy (non-hydrogen) atoms. The molecule has 2 aromatic carbocycles. The standard InChI is InChI=1S/C23H29N3O4/c1-16(2)14-24-23(28)18(4)25(15-20-11-6-5-9-17(20)3)22(27)13-19-10-7-8-12-21(19)26(29)30/h5-12,16,18H,13-15H2,1-4H3,(H,24,28). The fourth-order valence-electron chi connectivity index (χ4n) is 3.11. The largest absolute Gasteiger partial charge is 0.354 e.